The maximum absolute atomic E-state index is 13.2. The highest BCUT2D eigenvalue weighted by Gasteiger charge is 2.30. The van der Waals surface area contributed by atoms with E-state index in [2.05, 4.69) is 10.00 Å². The molecule has 0 spiro atoms. The molecule has 3 aromatic rings. The van der Waals surface area contributed by atoms with Crippen LogP contribution >= 0.6 is 11.6 Å². The largest absolute Gasteiger partial charge is 0.495 e. The maximum atomic E-state index is 13.2. The molecule has 176 valence electrons. The quantitative estimate of drug-likeness (QED) is 0.562. The first-order chi connectivity index (χ1) is 16.5. The van der Waals surface area contributed by atoms with Crippen molar-refractivity contribution in [2.45, 2.75) is 13.1 Å². The summed E-state index contributed by atoms with van der Waals surface area (Å²) in [6.45, 7) is 4.16. The molecule has 34 heavy (non-hydrogen) atoms. The molecule has 1 saturated heterocycles. The second-order valence-corrected chi connectivity index (χ2v) is 8.88. The lowest BCUT2D eigenvalue weighted by atomic mass is 10.2. The van der Waals surface area contributed by atoms with Crippen LogP contribution in [0.4, 0.5) is 5.69 Å². The minimum atomic E-state index is -0.140. The molecule has 8 nitrogen and oxygen atoms in total. The monoisotopic (exact) mass is 479 g/mol. The van der Waals surface area contributed by atoms with Crippen molar-refractivity contribution in [3.63, 3.8) is 0 Å². The van der Waals surface area contributed by atoms with E-state index in [1.807, 2.05) is 48.5 Å². The molecule has 1 fully saturated rings. The molecule has 2 aromatic carbocycles. The minimum absolute atomic E-state index is 0.117. The summed E-state index contributed by atoms with van der Waals surface area (Å²) in [5.41, 5.74) is 2.81. The van der Waals surface area contributed by atoms with Gasteiger partial charge in [-0.3, -0.25) is 14.3 Å². The summed E-state index contributed by atoms with van der Waals surface area (Å²) in [7, 11) is 1.66. The SMILES string of the molecule is COc1ccccc1N1CCN(C(=O)c2cc3n(n2)CCN(Cc2ccc(Cl)cc2)C3=O)CC1. The Hall–Kier alpha value is -3.52. The molecule has 2 aliphatic rings. The number of rotatable bonds is 5. The number of halogens is 1. The summed E-state index contributed by atoms with van der Waals surface area (Å²) in [5, 5.41) is 5.13. The third-order valence-corrected chi connectivity index (χ3v) is 6.62. The molecule has 0 unspecified atom stereocenters. The molecule has 0 saturated carbocycles. The fourth-order valence-electron chi connectivity index (χ4n) is 4.51. The number of benzene rings is 2. The topological polar surface area (TPSA) is 70.9 Å². The molecule has 9 heteroatoms. The van der Waals surface area contributed by atoms with Crippen molar-refractivity contribution in [3.8, 4) is 5.75 Å². The number of ether oxygens (including phenoxy) is 1. The number of amides is 2. The molecule has 5 rings (SSSR count). The highest BCUT2D eigenvalue weighted by Crippen LogP contribution is 2.28. The third-order valence-electron chi connectivity index (χ3n) is 6.37. The van der Waals surface area contributed by atoms with Gasteiger partial charge in [0.15, 0.2) is 5.69 Å². The van der Waals surface area contributed by atoms with E-state index >= 15 is 0 Å². The van der Waals surface area contributed by atoms with E-state index in [9.17, 15) is 9.59 Å². The highest BCUT2D eigenvalue weighted by molar-refractivity contribution is 6.30. The van der Waals surface area contributed by atoms with Gasteiger partial charge in [0, 0.05) is 50.4 Å². The fraction of sp³-hybridized carbons (Fsp3) is 0.320. The molecule has 0 bridgehead atoms. The normalized spacial score (nSPS) is 15.9. The van der Waals surface area contributed by atoms with Crippen molar-refractivity contribution in [1.29, 1.82) is 0 Å². The summed E-state index contributed by atoms with van der Waals surface area (Å²) >= 11 is 5.96. The molecular formula is C25H26ClN5O3. The number of hydrogen-bond acceptors (Lipinski definition) is 5. The number of methoxy groups -OCH3 is 1. The Morgan fingerprint density at radius 2 is 1.74 bits per heavy atom. The summed E-state index contributed by atoms with van der Waals surface area (Å²) in [6.07, 6.45) is 0. The Balaban J connectivity index is 1.24. The number of nitrogens with zero attached hydrogens (tertiary/aromatic N) is 5. The van der Waals surface area contributed by atoms with Gasteiger partial charge >= 0.3 is 0 Å². The molecule has 3 heterocycles. The van der Waals surface area contributed by atoms with Gasteiger partial charge in [0.1, 0.15) is 11.4 Å². The molecule has 2 aliphatic heterocycles. The predicted molar refractivity (Wildman–Crippen MR) is 130 cm³/mol. The summed E-state index contributed by atoms with van der Waals surface area (Å²) in [6, 6.07) is 17.0. The zero-order valence-corrected chi connectivity index (χ0v) is 19.7. The first-order valence-corrected chi connectivity index (χ1v) is 11.7. The average molecular weight is 480 g/mol. The lowest BCUT2D eigenvalue weighted by Crippen LogP contribution is -2.49. The van der Waals surface area contributed by atoms with Crippen LogP contribution < -0.4 is 9.64 Å². The third kappa shape index (κ3) is 4.33. The van der Waals surface area contributed by atoms with Crippen LogP contribution in [0.5, 0.6) is 5.75 Å². The van der Waals surface area contributed by atoms with E-state index in [0.717, 1.165) is 17.0 Å². The highest BCUT2D eigenvalue weighted by atomic mass is 35.5. The van der Waals surface area contributed by atoms with Gasteiger partial charge in [-0.1, -0.05) is 35.9 Å². The first-order valence-electron chi connectivity index (χ1n) is 11.3. The van der Waals surface area contributed by atoms with E-state index in [1.54, 1.807) is 27.7 Å². The second kappa shape index (κ2) is 9.38. The Morgan fingerprint density at radius 3 is 2.47 bits per heavy atom. The van der Waals surface area contributed by atoms with Gasteiger partial charge in [0.05, 0.1) is 19.3 Å². The fourth-order valence-corrected chi connectivity index (χ4v) is 4.63. The number of hydrogen-bond donors (Lipinski definition) is 0. The van der Waals surface area contributed by atoms with Crippen LogP contribution in [0.1, 0.15) is 26.5 Å². The molecule has 1 aromatic heterocycles. The predicted octanol–water partition coefficient (Wildman–Crippen LogP) is 3.16. The van der Waals surface area contributed by atoms with Crippen molar-refractivity contribution in [1.82, 2.24) is 19.6 Å². The average Bonchev–Trinajstić information content (AvgIpc) is 3.32. The first kappa shape index (κ1) is 22.3. The molecule has 2 amide bonds. The van der Waals surface area contributed by atoms with Gasteiger partial charge in [-0.15, -0.1) is 0 Å². The number of aromatic nitrogens is 2. The van der Waals surface area contributed by atoms with Crippen molar-refractivity contribution in [3.05, 3.63) is 76.6 Å². The van der Waals surface area contributed by atoms with E-state index in [-0.39, 0.29) is 11.8 Å². The van der Waals surface area contributed by atoms with Crippen LogP contribution in [-0.4, -0.2) is 71.2 Å². The van der Waals surface area contributed by atoms with Crippen molar-refractivity contribution < 1.29 is 14.3 Å². The van der Waals surface area contributed by atoms with E-state index in [4.69, 9.17) is 16.3 Å². The zero-order chi connectivity index (χ0) is 23.7. The van der Waals surface area contributed by atoms with Gasteiger partial charge in [0.25, 0.3) is 11.8 Å². The molecule has 0 N–H and O–H groups in total. The maximum Gasteiger partial charge on any atom is 0.274 e. The van der Waals surface area contributed by atoms with E-state index in [1.165, 1.54) is 0 Å². The Labute approximate surface area is 203 Å². The number of para-hydroxylation sites is 2. The summed E-state index contributed by atoms with van der Waals surface area (Å²) < 4.78 is 7.13. The minimum Gasteiger partial charge on any atom is -0.495 e. The van der Waals surface area contributed by atoms with E-state index < -0.39 is 0 Å². The van der Waals surface area contributed by atoms with Crippen LogP contribution in [0.25, 0.3) is 0 Å². The van der Waals surface area contributed by atoms with Crippen molar-refractivity contribution in [2.24, 2.45) is 0 Å². The Bertz CT molecular complexity index is 1200. The number of anilines is 1. The number of fused-ring (bicyclic) bond motifs is 1. The molecule has 0 aliphatic carbocycles. The summed E-state index contributed by atoms with van der Waals surface area (Å²) in [4.78, 5) is 32.0. The van der Waals surface area contributed by atoms with Crippen LogP contribution in [0, 0.1) is 0 Å². The Morgan fingerprint density at radius 1 is 1.00 bits per heavy atom. The van der Waals surface area contributed by atoms with Gasteiger partial charge < -0.3 is 19.4 Å². The summed E-state index contributed by atoms with van der Waals surface area (Å²) in [5.74, 6) is 0.568. The van der Waals surface area contributed by atoms with E-state index in [0.29, 0.717) is 62.2 Å². The molecule has 0 radical (unpaired) electrons. The van der Waals surface area contributed by atoms with Crippen LogP contribution in [0.15, 0.2) is 54.6 Å². The van der Waals surface area contributed by atoms with Crippen LogP contribution in [0.3, 0.4) is 0 Å². The number of carbonyl (C=O) groups excluding carboxylic acids is 2. The van der Waals surface area contributed by atoms with Crippen molar-refractivity contribution >= 4 is 29.1 Å². The van der Waals surface area contributed by atoms with Crippen LogP contribution in [-0.2, 0) is 13.1 Å². The van der Waals surface area contributed by atoms with Gasteiger partial charge in [-0.2, -0.15) is 5.10 Å². The van der Waals surface area contributed by atoms with Gasteiger partial charge in [0.2, 0.25) is 0 Å². The van der Waals surface area contributed by atoms with Crippen molar-refractivity contribution in [2.75, 3.05) is 44.7 Å². The number of carbonyl (C=O) groups is 2. The Kier molecular flexibility index (Phi) is 6.15. The lowest BCUT2D eigenvalue weighted by Gasteiger charge is -2.36. The van der Waals surface area contributed by atoms with Gasteiger partial charge in [-0.05, 0) is 29.8 Å². The smallest absolute Gasteiger partial charge is 0.274 e. The van der Waals surface area contributed by atoms with Crippen LogP contribution in [0.2, 0.25) is 5.02 Å². The lowest BCUT2D eigenvalue weighted by molar-refractivity contribution is 0.0680. The standard InChI is InChI=1S/C25H26ClN5O3/c1-34-23-5-3-2-4-21(23)28-10-12-29(13-11-28)24(32)20-16-22-25(33)30(14-15-31(22)27-20)17-18-6-8-19(26)9-7-18/h2-9,16H,10-15,17H2,1H3. The number of piperazine rings is 1. The molecule has 0 atom stereocenters. The second-order valence-electron chi connectivity index (χ2n) is 8.44. The molecular weight excluding hydrogens is 454 g/mol. The van der Waals surface area contributed by atoms with Gasteiger partial charge in [-0.25, -0.2) is 0 Å². The zero-order valence-electron chi connectivity index (χ0n) is 19.0.